The summed E-state index contributed by atoms with van der Waals surface area (Å²) >= 11 is 0. The van der Waals surface area contributed by atoms with Crippen LogP contribution in [0.1, 0.15) is 19.3 Å². The average molecular weight is 290 g/mol. The average Bonchev–Trinajstić information content (AvgIpc) is 2.76. The number of likely N-dealkylation sites (tertiary alicyclic amines) is 1. The normalized spacial score (nSPS) is 30.2. The van der Waals surface area contributed by atoms with Gasteiger partial charge < -0.3 is 15.3 Å². The van der Waals surface area contributed by atoms with Gasteiger partial charge in [-0.05, 0) is 12.8 Å². The van der Waals surface area contributed by atoms with E-state index < -0.39 is 27.9 Å². The summed E-state index contributed by atoms with van der Waals surface area (Å²) in [5.74, 6) is -1.22. The summed E-state index contributed by atoms with van der Waals surface area (Å²) in [7, 11) is -3.08. The van der Waals surface area contributed by atoms with Gasteiger partial charge in [0.1, 0.15) is 6.04 Å². The first-order valence-corrected chi connectivity index (χ1v) is 8.17. The van der Waals surface area contributed by atoms with Crippen molar-refractivity contribution < 1.29 is 23.1 Å². The van der Waals surface area contributed by atoms with Crippen LogP contribution in [-0.4, -0.2) is 67.0 Å². The summed E-state index contributed by atoms with van der Waals surface area (Å²) < 4.78 is 23.0. The number of carboxylic acids is 1. The van der Waals surface area contributed by atoms with E-state index in [1.165, 1.54) is 4.90 Å². The predicted octanol–water partition coefficient (Wildman–Crippen LogP) is -1.16. The lowest BCUT2D eigenvalue weighted by atomic mass is 10.2. The third kappa shape index (κ3) is 3.44. The zero-order valence-electron chi connectivity index (χ0n) is 10.5. The van der Waals surface area contributed by atoms with E-state index in [2.05, 4.69) is 5.32 Å². The van der Waals surface area contributed by atoms with Crippen LogP contribution in [0.4, 0.5) is 0 Å². The highest BCUT2D eigenvalue weighted by Crippen LogP contribution is 2.19. The van der Waals surface area contributed by atoms with Gasteiger partial charge in [-0.1, -0.05) is 0 Å². The van der Waals surface area contributed by atoms with Crippen LogP contribution in [0.2, 0.25) is 0 Å². The summed E-state index contributed by atoms with van der Waals surface area (Å²) in [6, 6.07) is -1.16. The fourth-order valence-corrected chi connectivity index (χ4v) is 4.09. The Morgan fingerprint density at radius 3 is 2.74 bits per heavy atom. The van der Waals surface area contributed by atoms with Gasteiger partial charge in [-0.15, -0.1) is 0 Å². The predicted molar refractivity (Wildman–Crippen MR) is 67.4 cm³/mol. The molecule has 2 atom stereocenters. The number of nitrogens with one attached hydrogen (secondary N) is 1. The Morgan fingerprint density at radius 2 is 2.11 bits per heavy atom. The molecule has 19 heavy (non-hydrogen) atoms. The second-order valence-electron chi connectivity index (χ2n) is 5.05. The molecule has 0 aliphatic carbocycles. The summed E-state index contributed by atoms with van der Waals surface area (Å²) in [5, 5.41) is 12.0. The van der Waals surface area contributed by atoms with Crippen LogP contribution < -0.4 is 5.32 Å². The SMILES string of the molecule is O=C(O)C1CCCN1C(=O)CC1CS(=O)(=O)CCN1. The number of amides is 1. The lowest BCUT2D eigenvalue weighted by molar-refractivity contribution is -0.148. The van der Waals surface area contributed by atoms with E-state index in [-0.39, 0.29) is 23.8 Å². The molecule has 2 rings (SSSR count). The van der Waals surface area contributed by atoms with Crippen LogP contribution >= 0.6 is 0 Å². The smallest absolute Gasteiger partial charge is 0.326 e. The van der Waals surface area contributed by atoms with Gasteiger partial charge in [0.2, 0.25) is 5.91 Å². The zero-order chi connectivity index (χ0) is 14.0. The van der Waals surface area contributed by atoms with Gasteiger partial charge in [-0.2, -0.15) is 0 Å². The summed E-state index contributed by atoms with van der Waals surface area (Å²) in [6.45, 7) is 0.790. The van der Waals surface area contributed by atoms with Crippen molar-refractivity contribution in [3.63, 3.8) is 0 Å². The molecule has 7 nitrogen and oxygen atoms in total. The van der Waals surface area contributed by atoms with Gasteiger partial charge in [0.15, 0.2) is 9.84 Å². The Hall–Kier alpha value is -1.15. The number of sulfone groups is 1. The Labute approximate surface area is 111 Å². The molecule has 2 aliphatic heterocycles. The number of nitrogens with zero attached hydrogens (tertiary/aromatic N) is 1. The molecule has 2 heterocycles. The fourth-order valence-electron chi connectivity index (χ4n) is 2.65. The highest BCUT2D eigenvalue weighted by molar-refractivity contribution is 7.91. The molecule has 2 unspecified atom stereocenters. The van der Waals surface area contributed by atoms with Crippen molar-refractivity contribution in [1.29, 1.82) is 0 Å². The van der Waals surface area contributed by atoms with Gasteiger partial charge in [-0.25, -0.2) is 13.2 Å². The number of aliphatic carboxylic acids is 1. The minimum absolute atomic E-state index is 0.0447. The molecule has 8 heteroatoms. The van der Waals surface area contributed by atoms with E-state index in [1.54, 1.807) is 0 Å². The first-order chi connectivity index (χ1) is 8.89. The Balaban J connectivity index is 1.95. The fraction of sp³-hybridized carbons (Fsp3) is 0.818. The molecule has 108 valence electrons. The highest BCUT2D eigenvalue weighted by atomic mass is 32.2. The van der Waals surface area contributed by atoms with Crippen LogP contribution in [0.25, 0.3) is 0 Å². The molecule has 0 radical (unpaired) electrons. The van der Waals surface area contributed by atoms with Gasteiger partial charge in [0.25, 0.3) is 0 Å². The monoisotopic (exact) mass is 290 g/mol. The summed E-state index contributed by atoms with van der Waals surface area (Å²) in [6.07, 6.45) is 1.19. The molecule has 2 saturated heterocycles. The minimum Gasteiger partial charge on any atom is -0.480 e. The Kier molecular flexibility index (Phi) is 4.10. The molecule has 2 aliphatic rings. The second kappa shape index (κ2) is 5.46. The van der Waals surface area contributed by atoms with Gasteiger partial charge >= 0.3 is 5.97 Å². The van der Waals surface area contributed by atoms with Crippen molar-refractivity contribution >= 4 is 21.7 Å². The van der Waals surface area contributed by atoms with Gasteiger partial charge in [-0.3, -0.25) is 4.79 Å². The van der Waals surface area contributed by atoms with Crippen LogP contribution in [0.15, 0.2) is 0 Å². The molecule has 0 bridgehead atoms. The first kappa shape index (κ1) is 14.3. The second-order valence-corrected chi connectivity index (χ2v) is 7.28. The number of carbonyl (C=O) groups is 2. The molecule has 0 aromatic rings. The lowest BCUT2D eigenvalue weighted by Gasteiger charge is -2.27. The number of carboxylic acid groups (broad SMARTS) is 1. The highest BCUT2D eigenvalue weighted by Gasteiger charge is 2.35. The molecule has 0 aromatic carbocycles. The van der Waals surface area contributed by atoms with Crippen LogP contribution in [0.5, 0.6) is 0 Å². The molecular weight excluding hydrogens is 272 g/mol. The third-order valence-corrected chi connectivity index (χ3v) is 5.32. The molecule has 0 spiro atoms. The van der Waals surface area contributed by atoms with Crippen LogP contribution in [0.3, 0.4) is 0 Å². The number of hydrogen-bond acceptors (Lipinski definition) is 5. The van der Waals surface area contributed by atoms with Crippen molar-refractivity contribution in [3.05, 3.63) is 0 Å². The number of rotatable bonds is 3. The topological polar surface area (TPSA) is 104 Å². The first-order valence-electron chi connectivity index (χ1n) is 6.35. The molecule has 2 N–H and O–H groups in total. The molecule has 1 amide bonds. The van der Waals surface area contributed by atoms with Crippen molar-refractivity contribution in [2.45, 2.75) is 31.3 Å². The maximum atomic E-state index is 12.1. The molecular formula is C11H18N2O5S. The quantitative estimate of drug-likeness (QED) is 0.679. The largest absolute Gasteiger partial charge is 0.480 e. The maximum Gasteiger partial charge on any atom is 0.326 e. The number of hydrogen-bond donors (Lipinski definition) is 2. The van der Waals surface area contributed by atoms with Crippen LogP contribution in [-0.2, 0) is 19.4 Å². The number of carbonyl (C=O) groups excluding carboxylic acids is 1. The van der Waals surface area contributed by atoms with Crippen molar-refractivity contribution in [2.75, 3.05) is 24.6 Å². The molecule has 0 aromatic heterocycles. The Morgan fingerprint density at radius 1 is 1.37 bits per heavy atom. The third-order valence-electron chi connectivity index (χ3n) is 3.58. The van der Waals surface area contributed by atoms with Crippen LogP contribution in [0, 0.1) is 0 Å². The van der Waals surface area contributed by atoms with E-state index in [4.69, 9.17) is 5.11 Å². The van der Waals surface area contributed by atoms with Gasteiger partial charge in [0, 0.05) is 25.6 Å². The van der Waals surface area contributed by atoms with Crippen molar-refractivity contribution in [3.8, 4) is 0 Å². The summed E-state index contributed by atoms with van der Waals surface area (Å²) in [4.78, 5) is 24.4. The van der Waals surface area contributed by atoms with E-state index in [1.807, 2.05) is 0 Å². The van der Waals surface area contributed by atoms with E-state index >= 15 is 0 Å². The molecule has 2 fully saturated rings. The van der Waals surface area contributed by atoms with Gasteiger partial charge in [0.05, 0.1) is 11.5 Å². The van der Waals surface area contributed by atoms with E-state index in [0.29, 0.717) is 25.9 Å². The van der Waals surface area contributed by atoms with E-state index in [0.717, 1.165) is 0 Å². The maximum absolute atomic E-state index is 12.1. The standard InChI is InChI=1S/C11H18N2O5S/c14-10(13-4-1-2-9(13)11(15)16)6-8-7-19(17,18)5-3-12-8/h8-9,12H,1-7H2,(H,15,16). The van der Waals surface area contributed by atoms with Crippen molar-refractivity contribution in [2.24, 2.45) is 0 Å². The molecule has 0 saturated carbocycles. The van der Waals surface area contributed by atoms with Crippen molar-refractivity contribution in [1.82, 2.24) is 10.2 Å². The summed E-state index contributed by atoms with van der Waals surface area (Å²) in [5.41, 5.74) is 0. The lowest BCUT2D eigenvalue weighted by Crippen LogP contribution is -2.49. The minimum atomic E-state index is -3.08. The zero-order valence-corrected chi connectivity index (χ0v) is 11.4. The van der Waals surface area contributed by atoms with E-state index in [9.17, 15) is 18.0 Å². The Bertz CT molecular complexity index is 475.